The minimum atomic E-state index is -4.55. The first kappa shape index (κ1) is 16.6. The number of nitrogens with zero attached hydrogens (tertiary/aromatic N) is 1. The van der Waals surface area contributed by atoms with E-state index in [1.807, 2.05) is 0 Å². The third-order valence-electron chi connectivity index (χ3n) is 2.68. The molecule has 0 fully saturated rings. The fourth-order valence-corrected chi connectivity index (χ4v) is 3.45. The summed E-state index contributed by atoms with van der Waals surface area (Å²) in [7, 11) is -8.93. The Balaban J connectivity index is 3.93. The van der Waals surface area contributed by atoms with Crippen LogP contribution in [0.25, 0.3) is 0 Å². The molecule has 0 saturated heterocycles. The van der Waals surface area contributed by atoms with Crippen LogP contribution in [0.3, 0.4) is 0 Å². The van der Waals surface area contributed by atoms with Crippen LogP contribution >= 0.6 is 0 Å². The summed E-state index contributed by atoms with van der Waals surface area (Å²) in [6.07, 6.45) is 0. The number of hydrogen-bond acceptors (Lipinski definition) is 6. The topological polar surface area (TPSA) is 157 Å². The molecule has 1 aromatic rings. The Bertz CT molecular complexity index is 806. The van der Waals surface area contributed by atoms with Gasteiger partial charge in [0.2, 0.25) is 15.9 Å². The van der Waals surface area contributed by atoms with Gasteiger partial charge in [-0.05, 0) is 19.4 Å². The average Bonchev–Trinajstić information content (AvgIpc) is 2.21. The first-order valence-corrected chi connectivity index (χ1v) is 8.49. The van der Waals surface area contributed by atoms with E-state index in [0.29, 0.717) is 4.57 Å². The summed E-state index contributed by atoms with van der Waals surface area (Å²) in [6.45, 7) is 2.47. The van der Waals surface area contributed by atoms with Crippen LogP contribution in [0.1, 0.15) is 18.1 Å². The maximum Gasteiger partial charge on any atom is 0.269 e. The maximum atomic E-state index is 12.0. The van der Waals surface area contributed by atoms with Crippen LogP contribution in [-0.2, 0) is 32.4 Å². The molecule has 0 amide bonds. The van der Waals surface area contributed by atoms with Crippen LogP contribution in [-0.4, -0.2) is 31.1 Å². The van der Waals surface area contributed by atoms with Gasteiger partial charge in [-0.3, -0.25) is 13.9 Å². The summed E-state index contributed by atoms with van der Waals surface area (Å²) in [5, 5.41) is 14.8. The molecule has 0 radical (unpaired) electrons. The molecule has 0 aromatic carbocycles. The highest BCUT2D eigenvalue weighted by Crippen LogP contribution is 2.26. The Morgan fingerprint density at radius 1 is 1.25 bits per heavy atom. The van der Waals surface area contributed by atoms with Gasteiger partial charge >= 0.3 is 0 Å². The zero-order valence-corrected chi connectivity index (χ0v) is 12.3. The molecule has 1 aromatic heterocycles. The van der Waals surface area contributed by atoms with Crippen LogP contribution in [0.15, 0.2) is 9.69 Å². The molecular weight excluding hydrogens is 312 g/mol. The van der Waals surface area contributed by atoms with Crippen molar-refractivity contribution in [3.05, 3.63) is 21.5 Å². The van der Waals surface area contributed by atoms with E-state index < -0.39 is 47.8 Å². The highest BCUT2D eigenvalue weighted by atomic mass is 32.2. The second-order valence-corrected chi connectivity index (χ2v) is 7.03. The van der Waals surface area contributed by atoms with Crippen molar-refractivity contribution in [2.75, 3.05) is 0 Å². The van der Waals surface area contributed by atoms with Gasteiger partial charge in [-0.1, -0.05) is 0 Å². The van der Waals surface area contributed by atoms with Crippen LogP contribution in [0.2, 0.25) is 0 Å². The van der Waals surface area contributed by atoms with E-state index in [1.54, 1.807) is 0 Å². The van der Waals surface area contributed by atoms with Gasteiger partial charge < -0.3 is 5.11 Å². The lowest BCUT2D eigenvalue weighted by Gasteiger charge is -2.15. The normalized spacial score (nSPS) is 12.6. The summed E-state index contributed by atoms with van der Waals surface area (Å²) < 4.78 is 54.2. The van der Waals surface area contributed by atoms with E-state index >= 15 is 0 Å². The van der Waals surface area contributed by atoms with Gasteiger partial charge in [0.1, 0.15) is 10.6 Å². The summed E-state index contributed by atoms with van der Waals surface area (Å²) in [5.41, 5.74) is -1.68. The summed E-state index contributed by atoms with van der Waals surface area (Å²) in [5.74, 6) is -1.93. The highest BCUT2D eigenvalue weighted by Gasteiger charge is 2.27. The first-order valence-electron chi connectivity index (χ1n) is 5.33. The van der Waals surface area contributed by atoms with Crippen LogP contribution in [0, 0.1) is 6.92 Å². The molecule has 0 spiro atoms. The number of sulfonamides is 1. The summed E-state index contributed by atoms with van der Waals surface area (Å²) >= 11 is 0. The molecule has 20 heavy (non-hydrogen) atoms. The van der Waals surface area contributed by atoms with Crippen molar-refractivity contribution in [1.82, 2.24) is 4.57 Å². The second kappa shape index (κ2) is 5.16. The molecule has 4 N–H and O–H groups in total. The molecule has 0 aliphatic heterocycles. The molecular formula is C9H14N2O7S2. The van der Waals surface area contributed by atoms with Crippen molar-refractivity contribution in [2.45, 2.75) is 31.0 Å². The van der Waals surface area contributed by atoms with Crippen LogP contribution in [0.5, 0.6) is 5.88 Å². The fourth-order valence-electron chi connectivity index (χ4n) is 1.83. The Morgan fingerprint density at radius 2 is 1.75 bits per heavy atom. The average molecular weight is 326 g/mol. The van der Waals surface area contributed by atoms with E-state index in [2.05, 4.69) is 0 Å². The third kappa shape index (κ3) is 3.17. The molecule has 0 atom stereocenters. The molecule has 114 valence electrons. The van der Waals surface area contributed by atoms with Crippen molar-refractivity contribution in [3.8, 4) is 5.88 Å². The Labute approximate surface area is 115 Å². The van der Waals surface area contributed by atoms with Crippen LogP contribution < -0.4 is 10.7 Å². The number of pyridine rings is 1. The largest absolute Gasteiger partial charge is 0.493 e. The van der Waals surface area contributed by atoms with Crippen molar-refractivity contribution >= 4 is 20.1 Å². The van der Waals surface area contributed by atoms with E-state index in [9.17, 15) is 26.7 Å². The minimum Gasteiger partial charge on any atom is -0.493 e. The molecule has 1 heterocycles. The number of aromatic hydroxyl groups is 1. The van der Waals surface area contributed by atoms with Gasteiger partial charge in [0.15, 0.2) is 0 Å². The smallest absolute Gasteiger partial charge is 0.269 e. The third-order valence-corrected chi connectivity index (χ3v) is 4.39. The lowest BCUT2D eigenvalue weighted by Crippen LogP contribution is -2.29. The number of nitrogens with two attached hydrogens (primary N) is 1. The molecule has 11 heteroatoms. The van der Waals surface area contributed by atoms with Gasteiger partial charge in [0.25, 0.3) is 15.7 Å². The molecule has 0 aliphatic rings. The number of rotatable bonds is 4. The second-order valence-electron chi connectivity index (χ2n) is 4.08. The number of hydrogen-bond donors (Lipinski definition) is 3. The molecule has 0 saturated carbocycles. The molecule has 1 rings (SSSR count). The summed E-state index contributed by atoms with van der Waals surface area (Å²) in [6, 6.07) is 0. The SMILES string of the molecule is CCn1c(O)c(S(N)(=O)=O)c(C)c(CS(=O)(=O)O)c1=O. The Hall–Kier alpha value is -1.43. The lowest BCUT2D eigenvalue weighted by molar-refractivity contribution is 0.392. The lowest BCUT2D eigenvalue weighted by atomic mass is 10.1. The predicted octanol–water partition coefficient (Wildman–Crippen LogP) is -1.08. The predicted molar refractivity (Wildman–Crippen MR) is 69.4 cm³/mol. The van der Waals surface area contributed by atoms with Gasteiger partial charge in [0.05, 0.1) is 0 Å². The van der Waals surface area contributed by atoms with Gasteiger partial charge in [-0.2, -0.15) is 8.42 Å². The Kier molecular flexibility index (Phi) is 4.29. The van der Waals surface area contributed by atoms with Crippen molar-refractivity contribution in [3.63, 3.8) is 0 Å². The molecule has 9 nitrogen and oxygen atoms in total. The maximum absolute atomic E-state index is 12.0. The minimum absolute atomic E-state index is 0.105. The zero-order chi connectivity index (χ0) is 15.9. The van der Waals surface area contributed by atoms with E-state index in [0.717, 1.165) is 6.92 Å². The van der Waals surface area contributed by atoms with Gasteiger partial charge in [-0.15, -0.1) is 0 Å². The molecule has 0 bridgehead atoms. The number of aromatic nitrogens is 1. The van der Waals surface area contributed by atoms with Crippen LogP contribution in [0.4, 0.5) is 0 Å². The highest BCUT2D eigenvalue weighted by molar-refractivity contribution is 7.89. The Morgan fingerprint density at radius 3 is 2.10 bits per heavy atom. The van der Waals surface area contributed by atoms with Crippen molar-refractivity contribution < 1.29 is 26.5 Å². The van der Waals surface area contributed by atoms with Crippen molar-refractivity contribution in [1.29, 1.82) is 0 Å². The van der Waals surface area contributed by atoms with E-state index in [-0.39, 0.29) is 12.1 Å². The quantitative estimate of drug-likeness (QED) is 0.594. The zero-order valence-electron chi connectivity index (χ0n) is 10.7. The molecule has 0 aliphatic carbocycles. The van der Waals surface area contributed by atoms with Gasteiger partial charge in [0, 0.05) is 12.1 Å². The van der Waals surface area contributed by atoms with Crippen molar-refractivity contribution in [2.24, 2.45) is 5.14 Å². The van der Waals surface area contributed by atoms with E-state index in [1.165, 1.54) is 6.92 Å². The van der Waals surface area contributed by atoms with Gasteiger partial charge in [-0.25, -0.2) is 13.6 Å². The van der Waals surface area contributed by atoms with E-state index in [4.69, 9.17) is 9.69 Å². The first-order chi connectivity index (χ1) is 8.90. The molecule has 0 unspecified atom stereocenters. The monoisotopic (exact) mass is 326 g/mol. The number of primary sulfonamides is 1. The summed E-state index contributed by atoms with van der Waals surface area (Å²) in [4.78, 5) is 11.3. The fraction of sp³-hybridized carbons (Fsp3) is 0.444. The standard InChI is InChI=1S/C9H14N2O7S2/c1-3-11-8(12)6(4-19(14,15)16)5(2)7(9(11)13)20(10,17)18/h13H,3-4H2,1-2H3,(H2,10,17,18)(H,14,15,16).